The zero-order valence-corrected chi connectivity index (χ0v) is 14.8. The van der Waals surface area contributed by atoms with Gasteiger partial charge in [0, 0.05) is 29.1 Å². The van der Waals surface area contributed by atoms with Gasteiger partial charge in [0.15, 0.2) is 0 Å². The van der Waals surface area contributed by atoms with Crippen LogP contribution in [0.5, 0.6) is 0 Å². The summed E-state index contributed by atoms with van der Waals surface area (Å²) in [5.41, 5.74) is 5.47. The molecule has 5 rings (SSSR count). The molecule has 0 aliphatic carbocycles. The van der Waals surface area contributed by atoms with Gasteiger partial charge in [0.2, 0.25) is 0 Å². The summed E-state index contributed by atoms with van der Waals surface area (Å²) in [6.45, 7) is 0.520. The summed E-state index contributed by atoms with van der Waals surface area (Å²) < 4.78 is 9.10. The zero-order chi connectivity index (χ0) is 18.4. The summed E-state index contributed by atoms with van der Waals surface area (Å²) in [5.74, 6) is 0. The van der Waals surface area contributed by atoms with Crippen molar-refractivity contribution in [2.24, 2.45) is 7.05 Å². The highest BCUT2D eigenvalue weighted by molar-refractivity contribution is 5.86. The van der Waals surface area contributed by atoms with Crippen molar-refractivity contribution in [1.82, 2.24) is 19.6 Å². The number of benzene rings is 2. The van der Waals surface area contributed by atoms with E-state index < -0.39 is 6.10 Å². The number of nitrogens with zero attached hydrogens (tertiary/aromatic N) is 4. The van der Waals surface area contributed by atoms with Crippen molar-refractivity contribution in [3.8, 4) is 0 Å². The second-order valence-corrected chi connectivity index (χ2v) is 6.63. The van der Waals surface area contributed by atoms with Crippen LogP contribution in [0.2, 0.25) is 0 Å². The van der Waals surface area contributed by atoms with Gasteiger partial charge >= 0.3 is 0 Å². The van der Waals surface area contributed by atoms with Crippen molar-refractivity contribution in [1.29, 1.82) is 0 Å². The molecular formula is C21H18N4O2. The number of aliphatic hydroxyl groups is 1. The maximum atomic E-state index is 11.1. The van der Waals surface area contributed by atoms with E-state index in [2.05, 4.69) is 22.4 Å². The Bertz CT molecular complexity index is 1230. The predicted molar refractivity (Wildman–Crippen MR) is 102 cm³/mol. The molecule has 3 heterocycles. The monoisotopic (exact) mass is 358 g/mol. The molecule has 6 nitrogen and oxygen atoms in total. The minimum Gasteiger partial charge on any atom is -0.472 e. The Morgan fingerprint density at radius 1 is 1.04 bits per heavy atom. The first-order chi connectivity index (χ1) is 13.2. The molecular weight excluding hydrogens is 340 g/mol. The van der Waals surface area contributed by atoms with Gasteiger partial charge in [-0.1, -0.05) is 35.5 Å². The van der Waals surface area contributed by atoms with Crippen LogP contribution in [-0.2, 0) is 13.6 Å². The van der Waals surface area contributed by atoms with Crippen molar-refractivity contribution < 1.29 is 9.52 Å². The fourth-order valence-electron chi connectivity index (χ4n) is 3.78. The third kappa shape index (κ3) is 2.45. The highest BCUT2D eigenvalue weighted by Crippen LogP contribution is 2.33. The van der Waals surface area contributed by atoms with Crippen LogP contribution in [-0.4, -0.2) is 24.7 Å². The molecule has 0 spiro atoms. The van der Waals surface area contributed by atoms with E-state index in [1.54, 1.807) is 18.6 Å². The molecule has 0 aliphatic rings. The quantitative estimate of drug-likeness (QED) is 0.532. The second-order valence-electron chi connectivity index (χ2n) is 6.63. The molecule has 0 bridgehead atoms. The first-order valence-electron chi connectivity index (χ1n) is 8.78. The number of furan rings is 1. The molecule has 0 aliphatic heterocycles. The van der Waals surface area contributed by atoms with Crippen molar-refractivity contribution in [3.05, 3.63) is 83.9 Å². The summed E-state index contributed by atoms with van der Waals surface area (Å²) in [6.07, 6.45) is 2.37. The Morgan fingerprint density at radius 3 is 2.63 bits per heavy atom. The lowest BCUT2D eigenvalue weighted by atomic mass is 10.0. The number of hydrogen-bond acceptors (Lipinski definition) is 4. The van der Waals surface area contributed by atoms with Gasteiger partial charge in [0.1, 0.15) is 11.6 Å². The molecule has 0 fully saturated rings. The second kappa shape index (κ2) is 6.10. The Hall–Kier alpha value is -3.38. The molecule has 5 aromatic rings. The minimum absolute atomic E-state index is 0.520. The lowest BCUT2D eigenvalue weighted by Crippen LogP contribution is -2.10. The molecule has 6 heteroatoms. The smallest absolute Gasteiger partial charge is 0.122 e. The fourth-order valence-corrected chi connectivity index (χ4v) is 3.78. The zero-order valence-electron chi connectivity index (χ0n) is 14.8. The van der Waals surface area contributed by atoms with E-state index in [4.69, 9.17) is 4.42 Å². The van der Waals surface area contributed by atoms with Crippen molar-refractivity contribution in [2.45, 2.75) is 12.6 Å². The van der Waals surface area contributed by atoms with Crippen LogP contribution in [0.1, 0.15) is 22.9 Å². The summed E-state index contributed by atoms with van der Waals surface area (Å²) in [7, 11) is 1.98. The van der Waals surface area contributed by atoms with Gasteiger partial charge < -0.3 is 14.1 Å². The van der Waals surface area contributed by atoms with E-state index in [0.717, 1.165) is 38.8 Å². The largest absolute Gasteiger partial charge is 0.472 e. The fraction of sp³-hybridized carbons (Fsp3) is 0.143. The Balaban J connectivity index is 1.72. The highest BCUT2D eigenvalue weighted by Gasteiger charge is 2.24. The number of hydrogen-bond donors (Lipinski definition) is 1. The molecule has 2 aromatic carbocycles. The Kier molecular flexibility index (Phi) is 3.58. The topological polar surface area (TPSA) is 69.0 Å². The maximum Gasteiger partial charge on any atom is 0.122 e. The molecule has 134 valence electrons. The summed E-state index contributed by atoms with van der Waals surface area (Å²) >= 11 is 0. The molecule has 1 unspecified atom stereocenters. The van der Waals surface area contributed by atoms with E-state index in [0.29, 0.717) is 6.54 Å². The molecule has 3 aromatic heterocycles. The maximum absolute atomic E-state index is 11.1. The normalized spacial score (nSPS) is 12.8. The number of rotatable bonds is 4. The number of fused-ring (bicyclic) bond motifs is 2. The van der Waals surface area contributed by atoms with Gasteiger partial charge in [0.25, 0.3) is 0 Å². The van der Waals surface area contributed by atoms with Crippen LogP contribution in [0.4, 0.5) is 0 Å². The first kappa shape index (κ1) is 15.8. The molecule has 0 saturated carbocycles. The van der Waals surface area contributed by atoms with Crippen molar-refractivity contribution in [3.63, 3.8) is 0 Å². The van der Waals surface area contributed by atoms with Gasteiger partial charge in [-0.15, -0.1) is 5.10 Å². The predicted octanol–water partition coefficient (Wildman–Crippen LogP) is 3.65. The van der Waals surface area contributed by atoms with Gasteiger partial charge in [-0.05, 0) is 24.3 Å². The van der Waals surface area contributed by atoms with Gasteiger partial charge in [-0.3, -0.25) is 0 Å². The number of aliphatic hydroxyl groups excluding tert-OH is 1. The van der Waals surface area contributed by atoms with Crippen LogP contribution in [0.3, 0.4) is 0 Å². The molecule has 0 amide bonds. The average molecular weight is 358 g/mol. The standard InChI is InChI=1S/C21H18N4O2/c1-24-18-8-4-2-6-15(18)16(20(24)21(26)14-10-11-27-13-14)12-25-19-9-5-3-7-17(19)22-23-25/h2-11,13,21,26H,12H2,1H3. The SMILES string of the molecule is Cn1c(C(O)c2ccoc2)c(Cn2nnc3ccccc32)c2ccccc21. The van der Waals surface area contributed by atoms with Crippen LogP contribution in [0.25, 0.3) is 21.9 Å². The van der Waals surface area contributed by atoms with Crippen molar-refractivity contribution >= 4 is 21.9 Å². The lowest BCUT2D eigenvalue weighted by Gasteiger charge is -2.14. The lowest BCUT2D eigenvalue weighted by molar-refractivity contribution is 0.209. The van der Waals surface area contributed by atoms with E-state index in [1.165, 1.54) is 0 Å². The van der Waals surface area contributed by atoms with E-state index >= 15 is 0 Å². The Labute approximate surface area is 155 Å². The van der Waals surface area contributed by atoms with Crippen molar-refractivity contribution in [2.75, 3.05) is 0 Å². The van der Waals surface area contributed by atoms with E-state index in [-0.39, 0.29) is 0 Å². The summed E-state index contributed by atoms with van der Waals surface area (Å²) in [5, 5.41) is 20.7. The number of para-hydroxylation sites is 2. The molecule has 0 saturated heterocycles. The highest BCUT2D eigenvalue weighted by atomic mass is 16.3. The number of aromatic nitrogens is 4. The molecule has 0 radical (unpaired) electrons. The average Bonchev–Trinajstić information content (AvgIpc) is 3.42. The Morgan fingerprint density at radius 2 is 1.81 bits per heavy atom. The van der Waals surface area contributed by atoms with E-state index in [9.17, 15) is 5.11 Å². The molecule has 1 atom stereocenters. The van der Waals surface area contributed by atoms with Crippen LogP contribution < -0.4 is 0 Å². The van der Waals surface area contributed by atoms with Crippen LogP contribution in [0, 0.1) is 0 Å². The molecule has 1 N–H and O–H groups in total. The van der Waals surface area contributed by atoms with Gasteiger partial charge in [-0.2, -0.15) is 0 Å². The third-order valence-corrected chi connectivity index (χ3v) is 5.11. The summed E-state index contributed by atoms with van der Waals surface area (Å²) in [6, 6.07) is 17.8. The minimum atomic E-state index is -0.786. The van der Waals surface area contributed by atoms with E-state index in [1.807, 2.05) is 52.7 Å². The molecule has 27 heavy (non-hydrogen) atoms. The summed E-state index contributed by atoms with van der Waals surface area (Å²) in [4.78, 5) is 0. The van der Waals surface area contributed by atoms with Crippen LogP contribution in [0.15, 0.2) is 71.5 Å². The van der Waals surface area contributed by atoms with Gasteiger partial charge in [0.05, 0.1) is 30.3 Å². The van der Waals surface area contributed by atoms with Gasteiger partial charge in [-0.25, -0.2) is 4.68 Å². The first-order valence-corrected chi connectivity index (χ1v) is 8.78. The van der Waals surface area contributed by atoms with Crippen LogP contribution >= 0.6 is 0 Å². The third-order valence-electron chi connectivity index (χ3n) is 5.11. The number of aryl methyl sites for hydroxylation is 1.